The lowest BCUT2D eigenvalue weighted by atomic mass is 10.3. The molecule has 0 saturated heterocycles. The summed E-state index contributed by atoms with van der Waals surface area (Å²) >= 11 is 15.2. The van der Waals surface area contributed by atoms with Gasteiger partial charge in [-0.2, -0.15) is 0 Å². The quantitative estimate of drug-likeness (QED) is 0.491. The Balaban J connectivity index is 3.14. The summed E-state index contributed by atoms with van der Waals surface area (Å²) < 4.78 is 9.62. The van der Waals surface area contributed by atoms with Crippen molar-refractivity contribution in [1.29, 1.82) is 0 Å². The summed E-state index contributed by atoms with van der Waals surface area (Å²) in [5.41, 5.74) is 0.222. The van der Waals surface area contributed by atoms with Crippen LogP contribution in [0.4, 0.5) is 5.69 Å². The fourth-order valence-electron chi connectivity index (χ4n) is 1.20. The van der Waals surface area contributed by atoms with Crippen molar-refractivity contribution in [2.24, 2.45) is 0 Å². The Morgan fingerprint density at radius 2 is 1.85 bits per heavy atom. The molecular weight excluding hydrogens is 373 g/mol. The number of nitrogens with one attached hydrogen (secondary N) is 1. The number of halogens is 3. The summed E-state index contributed by atoms with van der Waals surface area (Å²) in [5, 5.41) is 3.15. The Bertz CT molecular complexity index is 575. The number of ether oxygens (including phenoxy) is 2. The normalized spacial score (nSPS) is 10.9. The van der Waals surface area contributed by atoms with Crippen molar-refractivity contribution in [3.8, 4) is 0 Å². The average molecular weight is 383 g/mol. The van der Waals surface area contributed by atoms with Crippen molar-refractivity contribution in [1.82, 2.24) is 0 Å². The van der Waals surface area contributed by atoms with Crippen LogP contribution in [0.3, 0.4) is 0 Å². The number of hydrogen-bond acceptors (Lipinski definition) is 5. The standard InChI is InChI=1S/C12H10BrCl2NO4/c1-19-9(17)5-8(12(18)20-2)16-7-4-3-6(13)10(14)11(7)15/h3-5,16H,1-2H3/b8-5+. The maximum Gasteiger partial charge on any atom is 0.354 e. The highest BCUT2D eigenvalue weighted by Crippen LogP contribution is 2.36. The van der Waals surface area contributed by atoms with Crippen molar-refractivity contribution in [3.63, 3.8) is 0 Å². The summed E-state index contributed by atoms with van der Waals surface area (Å²) in [6.07, 6.45) is 0.956. The van der Waals surface area contributed by atoms with Crippen LogP contribution in [0.1, 0.15) is 0 Å². The first-order valence-electron chi connectivity index (χ1n) is 5.19. The van der Waals surface area contributed by atoms with Gasteiger partial charge < -0.3 is 14.8 Å². The van der Waals surface area contributed by atoms with Gasteiger partial charge in [0.25, 0.3) is 0 Å². The van der Waals surface area contributed by atoms with Gasteiger partial charge in [-0.3, -0.25) is 0 Å². The highest BCUT2D eigenvalue weighted by Gasteiger charge is 2.16. The minimum Gasteiger partial charge on any atom is -0.466 e. The van der Waals surface area contributed by atoms with Crippen molar-refractivity contribution < 1.29 is 19.1 Å². The topological polar surface area (TPSA) is 64.6 Å². The molecule has 0 saturated carbocycles. The molecule has 0 heterocycles. The second kappa shape index (κ2) is 7.52. The molecule has 5 nitrogen and oxygen atoms in total. The summed E-state index contributed by atoms with van der Waals surface area (Å²) in [4.78, 5) is 22.8. The van der Waals surface area contributed by atoms with E-state index >= 15 is 0 Å². The van der Waals surface area contributed by atoms with Gasteiger partial charge in [0.1, 0.15) is 5.70 Å². The lowest BCUT2D eigenvalue weighted by Crippen LogP contribution is -2.15. The molecule has 1 N–H and O–H groups in total. The largest absolute Gasteiger partial charge is 0.466 e. The van der Waals surface area contributed by atoms with Crippen LogP contribution in [0.25, 0.3) is 0 Å². The van der Waals surface area contributed by atoms with E-state index in [9.17, 15) is 9.59 Å². The molecule has 0 aliphatic heterocycles. The monoisotopic (exact) mass is 381 g/mol. The fraction of sp³-hybridized carbons (Fsp3) is 0.167. The van der Waals surface area contributed by atoms with Gasteiger partial charge >= 0.3 is 11.9 Å². The van der Waals surface area contributed by atoms with E-state index in [1.165, 1.54) is 14.2 Å². The van der Waals surface area contributed by atoms with Crippen molar-refractivity contribution in [2.45, 2.75) is 0 Å². The lowest BCUT2D eigenvalue weighted by Gasteiger charge is -2.12. The molecule has 8 heteroatoms. The summed E-state index contributed by atoms with van der Waals surface area (Å²) in [7, 11) is 2.38. The maximum absolute atomic E-state index is 11.6. The van der Waals surface area contributed by atoms with Crippen molar-refractivity contribution >= 4 is 56.8 Å². The molecule has 0 aliphatic rings. The number of anilines is 1. The fourth-order valence-corrected chi connectivity index (χ4v) is 2.02. The Morgan fingerprint density at radius 1 is 1.20 bits per heavy atom. The molecule has 0 spiro atoms. The van der Waals surface area contributed by atoms with Gasteiger partial charge in [0.15, 0.2) is 0 Å². The number of carbonyl (C=O) groups is 2. The van der Waals surface area contributed by atoms with Crippen LogP contribution >= 0.6 is 39.1 Å². The van der Waals surface area contributed by atoms with E-state index in [0.29, 0.717) is 10.2 Å². The van der Waals surface area contributed by atoms with Gasteiger partial charge in [0, 0.05) is 4.47 Å². The molecule has 0 amide bonds. The first-order valence-corrected chi connectivity index (χ1v) is 6.74. The average Bonchev–Trinajstić information content (AvgIpc) is 2.45. The van der Waals surface area contributed by atoms with Crippen molar-refractivity contribution in [3.05, 3.63) is 38.4 Å². The highest BCUT2D eigenvalue weighted by atomic mass is 79.9. The van der Waals surface area contributed by atoms with Gasteiger partial charge in [-0.1, -0.05) is 23.2 Å². The molecule has 0 atom stereocenters. The molecule has 0 aliphatic carbocycles. The van der Waals surface area contributed by atoms with Gasteiger partial charge in [-0.25, -0.2) is 9.59 Å². The zero-order chi connectivity index (χ0) is 15.3. The summed E-state index contributed by atoms with van der Waals surface area (Å²) in [6.45, 7) is 0. The number of rotatable bonds is 4. The van der Waals surface area contributed by atoms with E-state index in [-0.39, 0.29) is 15.7 Å². The number of hydrogen-bond donors (Lipinski definition) is 1. The van der Waals surface area contributed by atoms with Gasteiger partial charge in [0.05, 0.1) is 36.0 Å². The number of methoxy groups -OCH3 is 2. The molecule has 0 radical (unpaired) electrons. The second-order valence-electron chi connectivity index (χ2n) is 3.42. The van der Waals surface area contributed by atoms with E-state index in [4.69, 9.17) is 23.2 Å². The first kappa shape index (κ1) is 16.8. The minimum atomic E-state index is -0.745. The number of esters is 2. The molecule has 0 unspecified atom stereocenters. The molecular formula is C12H10BrCl2NO4. The van der Waals surface area contributed by atoms with E-state index in [0.717, 1.165) is 6.08 Å². The zero-order valence-corrected chi connectivity index (χ0v) is 13.6. The van der Waals surface area contributed by atoms with Gasteiger partial charge in [-0.05, 0) is 28.1 Å². The Kier molecular flexibility index (Phi) is 6.32. The smallest absolute Gasteiger partial charge is 0.354 e. The number of benzene rings is 1. The third-order valence-corrected chi connectivity index (χ3v) is 3.94. The summed E-state index contributed by atoms with van der Waals surface area (Å²) in [6, 6.07) is 3.23. The number of carbonyl (C=O) groups excluding carboxylic acids is 2. The second-order valence-corrected chi connectivity index (χ2v) is 5.03. The van der Waals surface area contributed by atoms with Crippen LogP contribution < -0.4 is 5.32 Å². The van der Waals surface area contributed by atoms with Crippen LogP contribution in [-0.4, -0.2) is 26.2 Å². The predicted molar refractivity (Wildman–Crippen MR) is 79.9 cm³/mol. The Morgan fingerprint density at radius 3 is 2.40 bits per heavy atom. The molecule has 1 aromatic carbocycles. The zero-order valence-electron chi connectivity index (χ0n) is 10.5. The first-order chi connectivity index (χ1) is 9.40. The molecule has 108 valence electrons. The van der Waals surface area contributed by atoms with E-state index < -0.39 is 11.9 Å². The molecule has 1 rings (SSSR count). The van der Waals surface area contributed by atoms with Crippen LogP contribution in [0.2, 0.25) is 10.0 Å². The molecule has 20 heavy (non-hydrogen) atoms. The van der Waals surface area contributed by atoms with E-state index in [1.807, 2.05) is 0 Å². The SMILES string of the molecule is COC(=O)/C=C(/Nc1ccc(Br)c(Cl)c1Cl)C(=O)OC. The molecule has 0 aromatic heterocycles. The Labute approximate surface area is 134 Å². The minimum absolute atomic E-state index is 0.125. The maximum atomic E-state index is 11.6. The Hall–Kier alpha value is -1.24. The van der Waals surface area contributed by atoms with Gasteiger partial charge in [-0.15, -0.1) is 0 Å². The predicted octanol–water partition coefficient (Wildman–Crippen LogP) is 3.40. The van der Waals surface area contributed by atoms with E-state index in [2.05, 4.69) is 30.7 Å². The summed E-state index contributed by atoms with van der Waals surface area (Å²) in [5.74, 6) is -1.46. The third-order valence-electron chi connectivity index (χ3n) is 2.17. The van der Waals surface area contributed by atoms with Crippen LogP contribution in [0.5, 0.6) is 0 Å². The van der Waals surface area contributed by atoms with Crippen LogP contribution in [0.15, 0.2) is 28.4 Å². The molecule has 0 bridgehead atoms. The van der Waals surface area contributed by atoms with Crippen molar-refractivity contribution in [2.75, 3.05) is 19.5 Å². The van der Waals surface area contributed by atoms with E-state index in [1.54, 1.807) is 12.1 Å². The lowest BCUT2D eigenvalue weighted by molar-refractivity contribution is -0.138. The highest BCUT2D eigenvalue weighted by molar-refractivity contribution is 9.10. The van der Waals surface area contributed by atoms with Crippen LogP contribution in [-0.2, 0) is 19.1 Å². The molecule has 1 aromatic rings. The van der Waals surface area contributed by atoms with Crippen LogP contribution in [0, 0.1) is 0 Å². The van der Waals surface area contributed by atoms with Gasteiger partial charge in [0.2, 0.25) is 0 Å². The third kappa shape index (κ3) is 4.13. The molecule has 0 fully saturated rings.